The van der Waals surface area contributed by atoms with Crippen LogP contribution in [0, 0.1) is 13.8 Å². The Hall–Kier alpha value is -2.56. The molecule has 0 spiro atoms. The first-order valence-electron chi connectivity index (χ1n) is 6.46. The number of nitrogens with two attached hydrogens (primary N) is 1. The Balaban J connectivity index is 2.08. The molecule has 0 unspecified atom stereocenters. The average Bonchev–Trinajstić information content (AvgIpc) is 2.94. The molecular weight excluding hydrogens is 250 g/mol. The molecule has 0 amide bonds. The fourth-order valence-electron chi connectivity index (χ4n) is 2.37. The van der Waals surface area contributed by atoms with Crippen molar-refractivity contribution in [2.75, 3.05) is 5.73 Å². The molecule has 5 nitrogen and oxygen atoms in total. The molecular formula is C15H17N5. The van der Waals surface area contributed by atoms with E-state index in [0.717, 1.165) is 16.9 Å². The summed E-state index contributed by atoms with van der Waals surface area (Å²) < 4.78 is 3.56. The maximum Gasteiger partial charge on any atom is 0.119 e. The molecule has 102 valence electrons. The molecule has 1 aromatic carbocycles. The van der Waals surface area contributed by atoms with E-state index in [1.807, 2.05) is 24.1 Å². The first-order valence-corrected chi connectivity index (χ1v) is 6.46. The SMILES string of the molecule is Cc1cc(C)cc(-n2cc(N)c(-c3cnn(C)c3)n2)c1. The van der Waals surface area contributed by atoms with E-state index in [9.17, 15) is 0 Å². The van der Waals surface area contributed by atoms with Crippen LogP contribution in [0.2, 0.25) is 0 Å². The molecule has 0 saturated heterocycles. The van der Waals surface area contributed by atoms with Crippen LogP contribution in [0.3, 0.4) is 0 Å². The molecule has 0 bridgehead atoms. The second kappa shape index (κ2) is 4.52. The molecule has 0 saturated carbocycles. The Bertz CT molecular complexity index is 746. The van der Waals surface area contributed by atoms with Gasteiger partial charge in [0, 0.05) is 18.8 Å². The molecule has 2 N–H and O–H groups in total. The molecule has 0 aliphatic carbocycles. The first-order chi connectivity index (χ1) is 9.52. The van der Waals surface area contributed by atoms with E-state index >= 15 is 0 Å². The molecule has 2 heterocycles. The van der Waals surface area contributed by atoms with Crippen LogP contribution in [-0.2, 0) is 7.05 Å². The molecule has 20 heavy (non-hydrogen) atoms. The van der Waals surface area contributed by atoms with Gasteiger partial charge in [0.2, 0.25) is 0 Å². The van der Waals surface area contributed by atoms with Crippen molar-refractivity contribution in [3.05, 3.63) is 47.9 Å². The molecule has 3 aromatic rings. The van der Waals surface area contributed by atoms with Crippen molar-refractivity contribution in [3.63, 3.8) is 0 Å². The van der Waals surface area contributed by atoms with Crippen LogP contribution in [0.15, 0.2) is 36.8 Å². The Morgan fingerprint density at radius 3 is 2.35 bits per heavy atom. The summed E-state index contributed by atoms with van der Waals surface area (Å²) in [4.78, 5) is 0. The normalized spacial score (nSPS) is 10.9. The summed E-state index contributed by atoms with van der Waals surface area (Å²) >= 11 is 0. The first kappa shape index (κ1) is 12.5. The van der Waals surface area contributed by atoms with Gasteiger partial charge in [0.1, 0.15) is 5.69 Å². The van der Waals surface area contributed by atoms with Crippen molar-refractivity contribution in [2.24, 2.45) is 7.05 Å². The van der Waals surface area contributed by atoms with E-state index in [4.69, 9.17) is 5.73 Å². The van der Waals surface area contributed by atoms with Gasteiger partial charge in [-0.1, -0.05) is 6.07 Å². The minimum Gasteiger partial charge on any atom is -0.396 e. The van der Waals surface area contributed by atoms with Gasteiger partial charge in [-0.3, -0.25) is 4.68 Å². The largest absolute Gasteiger partial charge is 0.396 e. The van der Waals surface area contributed by atoms with Gasteiger partial charge in [-0.15, -0.1) is 0 Å². The lowest BCUT2D eigenvalue weighted by Gasteiger charge is -2.04. The van der Waals surface area contributed by atoms with Crippen LogP contribution < -0.4 is 5.73 Å². The van der Waals surface area contributed by atoms with Gasteiger partial charge in [0.15, 0.2) is 0 Å². The number of aryl methyl sites for hydroxylation is 3. The van der Waals surface area contributed by atoms with Crippen LogP contribution in [-0.4, -0.2) is 19.6 Å². The van der Waals surface area contributed by atoms with Crippen molar-refractivity contribution in [1.29, 1.82) is 0 Å². The summed E-state index contributed by atoms with van der Waals surface area (Å²) in [6.07, 6.45) is 5.52. The lowest BCUT2D eigenvalue weighted by atomic mass is 10.1. The summed E-state index contributed by atoms with van der Waals surface area (Å²) in [5.41, 5.74) is 11.8. The number of aromatic nitrogens is 4. The third-order valence-electron chi connectivity index (χ3n) is 3.19. The van der Waals surface area contributed by atoms with Crippen molar-refractivity contribution in [1.82, 2.24) is 19.6 Å². The van der Waals surface area contributed by atoms with Gasteiger partial charge in [0.25, 0.3) is 0 Å². The zero-order valence-corrected chi connectivity index (χ0v) is 11.8. The number of rotatable bonds is 2. The number of benzene rings is 1. The van der Waals surface area contributed by atoms with Gasteiger partial charge in [0.05, 0.1) is 23.8 Å². The van der Waals surface area contributed by atoms with Gasteiger partial charge in [-0.25, -0.2) is 4.68 Å². The highest BCUT2D eigenvalue weighted by Gasteiger charge is 2.11. The van der Waals surface area contributed by atoms with Gasteiger partial charge < -0.3 is 5.73 Å². The van der Waals surface area contributed by atoms with Crippen molar-refractivity contribution < 1.29 is 0 Å². The molecule has 0 fully saturated rings. The summed E-state index contributed by atoms with van der Waals surface area (Å²) in [6.45, 7) is 4.15. The third kappa shape index (κ3) is 2.18. The number of nitrogens with zero attached hydrogens (tertiary/aromatic N) is 4. The molecule has 0 radical (unpaired) electrons. The second-order valence-corrected chi connectivity index (χ2v) is 5.13. The zero-order valence-electron chi connectivity index (χ0n) is 11.8. The molecule has 3 rings (SSSR count). The lowest BCUT2D eigenvalue weighted by molar-refractivity contribution is 0.768. The second-order valence-electron chi connectivity index (χ2n) is 5.13. The van der Waals surface area contributed by atoms with E-state index in [1.165, 1.54) is 11.1 Å². The molecule has 0 aliphatic heterocycles. The fourth-order valence-corrected chi connectivity index (χ4v) is 2.37. The predicted molar refractivity (Wildman–Crippen MR) is 79.7 cm³/mol. The Morgan fingerprint density at radius 1 is 1.05 bits per heavy atom. The average molecular weight is 267 g/mol. The summed E-state index contributed by atoms with van der Waals surface area (Å²) in [7, 11) is 1.88. The number of hydrogen-bond donors (Lipinski definition) is 1. The minimum atomic E-state index is 0.650. The predicted octanol–water partition coefficient (Wildman–Crippen LogP) is 2.47. The maximum atomic E-state index is 6.08. The summed E-state index contributed by atoms with van der Waals surface area (Å²) in [5, 5.41) is 8.74. The van der Waals surface area contributed by atoms with E-state index in [0.29, 0.717) is 5.69 Å². The maximum absolute atomic E-state index is 6.08. The van der Waals surface area contributed by atoms with Crippen LogP contribution in [0.4, 0.5) is 5.69 Å². The highest BCUT2D eigenvalue weighted by Crippen LogP contribution is 2.25. The smallest absolute Gasteiger partial charge is 0.119 e. The van der Waals surface area contributed by atoms with E-state index < -0.39 is 0 Å². The van der Waals surface area contributed by atoms with Crippen molar-refractivity contribution in [3.8, 4) is 16.9 Å². The van der Waals surface area contributed by atoms with Crippen LogP contribution in [0.25, 0.3) is 16.9 Å². The summed E-state index contributed by atoms with van der Waals surface area (Å²) in [6, 6.07) is 6.32. The molecule has 0 atom stereocenters. The Labute approximate surface area is 117 Å². The standard InChI is InChI=1S/C15H17N5/c1-10-4-11(2)6-13(5-10)20-9-14(16)15(18-20)12-7-17-19(3)8-12/h4-9H,16H2,1-3H3. The highest BCUT2D eigenvalue weighted by molar-refractivity contribution is 5.71. The zero-order chi connectivity index (χ0) is 14.3. The Morgan fingerprint density at radius 2 is 1.75 bits per heavy atom. The van der Waals surface area contributed by atoms with E-state index in [-0.39, 0.29) is 0 Å². The quantitative estimate of drug-likeness (QED) is 0.776. The van der Waals surface area contributed by atoms with Crippen LogP contribution in [0.1, 0.15) is 11.1 Å². The van der Waals surface area contributed by atoms with Crippen molar-refractivity contribution in [2.45, 2.75) is 13.8 Å². The third-order valence-corrected chi connectivity index (χ3v) is 3.19. The van der Waals surface area contributed by atoms with E-state index in [1.54, 1.807) is 10.9 Å². The van der Waals surface area contributed by atoms with Gasteiger partial charge in [-0.05, 0) is 37.1 Å². The lowest BCUT2D eigenvalue weighted by Crippen LogP contribution is -1.96. The number of anilines is 1. The van der Waals surface area contributed by atoms with Crippen LogP contribution in [0.5, 0.6) is 0 Å². The number of hydrogen-bond acceptors (Lipinski definition) is 3. The Kier molecular flexibility index (Phi) is 2.82. The van der Waals surface area contributed by atoms with Crippen LogP contribution >= 0.6 is 0 Å². The fraction of sp³-hybridized carbons (Fsp3) is 0.200. The minimum absolute atomic E-state index is 0.650. The molecule has 5 heteroatoms. The topological polar surface area (TPSA) is 61.7 Å². The highest BCUT2D eigenvalue weighted by atomic mass is 15.3. The van der Waals surface area contributed by atoms with Gasteiger partial charge >= 0.3 is 0 Å². The molecule has 2 aromatic heterocycles. The van der Waals surface area contributed by atoms with Crippen molar-refractivity contribution >= 4 is 5.69 Å². The van der Waals surface area contributed by atoms with E-state index in [2.05, 4.69) is 42.2 Å². The number of nitrogen functional groups attached to an aromatic ring is 1. The molecule has 0 aliphatic rings. The monoisotopic (exact) mass is 267 g/mol. The summed E-state index contributed by atoms with van der Waals surface area (Å²) in [5.74, 6) is 0. The van der Waals surface area contributed by atoms with Gasteiger partial charge in [-0.2, -0.15) is 10.2 Å².